The number of fused-ring (bicyclic) bond motifs is 4. The highest BCUT2D eigenvalue weighted by Crippen LogP contribution is 2.46. The van der Waals surface area contributed by atoms with Gasteiger partial charge in [0.1, 0.15) is 30.9 Å². The summed E-state index contributed by atoms with van der Waals surface area (Å²) in [7, 11) is -4.09. The molecule has 3 aromatic carbocycles. The molecule has 0 bridgehead atoms. The zero-order valence-electron chi connectivity index (χ0n) is 34.5. The van der Waals surface area contributed by atoms with Crippen LogP contribution < -0.4 is 24.8 Å². The molecule has 61 heavy (non-hydrogen) atoms. The maximum Gasteiger partial charge on any atom is 0.534 e. The maximum absolute atomic E-state index is 14.4. The van der Waals surface area contributed by atoms with Crippen LogP contribution in [-0.2, 0) is 39.4 Å². The van der Waals surface area contributed by atoms with E-state index in [1.807, 2.05) is 51.3 Å². The highest BCUT2D eigenvalue weighted by Gasteiger charge is 2.38. The summed E-state index contributed by atoms with van der Waals surface area (Å²) in [5.41, 5.74) is 2.17. The zero-order chi connectivity index (χ0) is 44.6. The molecule has 0 atom stereocenters. The first-order valence-corrected chi connectivity index (χ1v) is 22.3. The van der Waals surface area contributed by atoms with Gasteiger partial charge < -0.3 is 23.8 Å². The Kier molecular flexibility index (Phi) is 10.8. The van der Waals surface area contributed by atoms with Gasteiger partial charge in [0.05, 0.1) is 39.6 Å². The van der Waals surface area contributed by atoms with E-state index in [0.29, 0.717) is 66.2 Å². The lowest BCUT2D eigenvalue weighted by Gasteiger charge is -2.42. The third-order valence-electron chi connectivity index (χ3n) is 11.4. The summed E-state index contributed by atoms with van der Waals surface area (Å²) >= 11 is 0. The van der Waals surface area contributed by atoms with Gasteiger partial charge in [-0.05, 0) is 54.8 Å². The van der Waals surface area contributed by atoms with Crippen molar-refractivity contribution in [2.24, 2.45) is 0 Å². The second-order valence-corrected chi connectivity index (χ2v) is 19.3. The van der Waals surface area contributed by atoms with Crippen LogP contribution in [0.4, 0.5) is 10.5 Å². The summed E-state index contributed by atoms with van der Waals surface area (Å²) in [4.78, 5) is 58.4. The third-order valence-corrected chi connectivity index (χ3v) is 12.8. The van der Waals surface area contributed by atoms with Crippen molar-refractivity contribution in [2.45, 2.75) is 51.6 Å². The van der Waals surface area contributed by atoms with Gasteiger partial charge in [-0.1, -0.05) is 29.3 Å². The summed E-state index contributed by atoms with van der Waals surface area (Å²) < 4.78 is 85.3. The molecular weight excluding hydrogens is 833 g/mol. The lowest BCUT2D eigenvalue weighted by atomic mass is 9.83. The summed E-state index contributed by atoms with van der Waals surface area (Å²) in [5.74, 6) is -2.65. The van der Waals surface area contributed by atoms with Crippen LogP contribution in [0.5, 0.6) is 11.5 Å². The van der Waals surface area contributed by atoms with Gasteiger partial charge in [0.2, 0.25) is 5.36 Å². The number of carbonyl (C=O) groups is 4. The van der Waals surface area contributed by atoms with E-state index in [4.69, 9.17) is 14.3 Å². The molecule has 4 heterocycles. The molecule has 0 radical (unpaired) electrons. The monoisotopic (exact) mass is 876 g/mol. The minimum absolute atomic E-state index is 0.0966. The van der Waals surface area contributed by atoms with Crippen LogP contribution in [0, 0.1) is 0 Å². The topological polar surface area (TPSA) is 220 Å². The van der Waals surface area contributed by atoms with Crippen LogP contribution in [0.3, 0.4) is 0 Å². The van der Waals surface area contributed by atoms with E-state index < -0.39 is 66.7 Å². The number of carbonyl (C=O) groups excluding carboxylic acids is 4. The van der Waals surface area contributed by atoms with Gasteiger partial charge in [-0.25, -0.2) is 17.8 Å². The van der Waals surface area contributed by atoms with E-state index in [1.165, 1.54) is 11.9 Å². The molecule has 0 spiro atoms. The highest BCUT2D eigenvalue weighted by molar-refractivity contribution is 7.86. The van der Waals surface area contributed by atoms with E-state index in [1.54, 1.807) is 60.7 Å². The lowest BCUT2D eigenvalue weighted by Crippen LogP contribution is -2.47. The highest BCUT2D eigenvalue weighted by atomic mass is 32.2. The number of likely N-dealkylation sites (N-methyl/N-ethyl adjacent to an activating group) is 3. The Morgan fingerprint density at radius 3 is 2.21 bits per heavy atom. The fourth-order valence-electron chi connectivity index (χ4n) is 7.99. The average molecular weight is 877 g/mol. The number of ether oxygens (including phenoxy) is 2. The fraction of sp³-hybridized carbons (Fsp3) is 0.357. The van der Waals surface area contributed by atoms with Crippen LogP contribution in [-0.4, -0.2) is 117 Å². The first-order valence-electron chi connectivity index (χ1n) is 19.1. The van der Waals surface area contributed by atoms with Gasteiger partial charge in [-0.3, -0.25) is 23.8 Å². The van der Waals surface area contributed by atoms with Crippen molar-refractivity contribution in [3.05, 3.63) is 99.1 Å². The van der Waals surface area contributed by atoms with E-state index in [0.717, 1.165) is 0 Å². The first kappa shape index (κ1) is 43.2. The number of hydroxylamine groups is 2. The van der Waals surface area contributed by atoms with Crippen LogP contribution in [0.2, 0.25) is 0 Å². The molecule has 1 saturated heterocycles. The zero-order valence-corrected chi connectivity index (χ0v) is 36.1. The molecule has 0 saturated carbocycles. The van der Waals surface area contributed by atoms with E-state index in [9.17, 15) is 45.1 Å². The maximum atomic E-state index is 14.4. The average Bonchev–Trinajstić information content (AvgIpc) is 3.47. The molecule has 1 fully saturated rings. The SMILES string of the molecule is CN(CCOC(=O)ON1C(=O)CCC1=O)C(=O)c1ccccc1C1=c2cc3c(cc2Oc2cc4c(cc21)C(CS(=O)(=O)[O-])=CC(C)(C)N4C)=[N+](C)C(C)(C)C=C3CS(=O)(=O)O. The molecular formula is C42H44N4O13S2. The second kappa shape index (κ2) is 15.2. The summed E-state index contributed by atoms with van der Waals surface area (Å²) in [6.45, 7) is 7.05. The van der Waals surface area contributed by atoms with Crippen LogP contribution in [0.25, 0.3) is 16.7 Å². The number of imide groups is 1. The molecule has 17 nitrogen and oxygen atoms in total. The molecule has 322 valence electrons. The molecule has 0 aliphatic carbocycles. The summed E-state index contributed by atoms with van der Waals surface area (Å²) in [5, 5.41) is 1.39. The minimum atomic E-state index is -4.74. The predicted octanol–water partition coefficient (Wildman–Crippen LogP) is 2.67. The Hall–Kier alpha value is -5.89. The van der Waals surface area contributed by atoms with Crippen LogP contribution in [0.15, 0.2) is 60.7 Å². The Morgan fingerprint density at radius 1 is 0.902 bits per heavy atom. The largest absolute Gasteiger partial charge is 0.748 e. The van der Waals surface area contributed by atoms with Gasteiger partial charge >= 0.3 is 6.16 Å². The fourth-order valence-corrected chi connectivity index (χ4v) is 9.24. The lowest BCUT2D eigenvalue weighted by molar-refractivity contribution is -0.177. The van der Waals surface area contributed by atoms with Crippen molar-refractivity contribution in [1.29, 1.82) is 0 Å². The molecule has 19 heteroatoms. The molecule has 3 aromatic rings. The molecule has 0 aromatic heterocycles. The number of hydrogen-bond acceptors (Lipinski definition) is 13. The van der Waals surface area contributed by atoms with Crippen molar-refractivity contribution in [3.8, 4) is 11.5 Å². The van der Waals surface area contributed by atoms with E-state index in [2.05, 4.69) is 0 Å². The van der Waals surface area contributed by atoms with Gasteiger partial charge in [0, 0.05) is 80.0 Å². The number of hydrogen-bond donors (Lipinski definition) is 1. The first-order chi connectivity index (χ1) is 28.3. The Labute approximate surface area is 352 Å². The van der Waals surface area contributed by atoms with Crippen molar-refractivity contribution < 1.29 is 59.4 Å². The van der Waals surface area contributed by atoms with Crippen molar-refractivity contribution in [3.63, 3.8) is 0 Å². The Morgan fingerprint density at radius 2 is 1.56 bits per heavy atom. The molecule has 4 aliphatic heterocycles. The van der Waals surface area contributed by atoms with E-state index >= 15 is 0 Å². The molecule has 1 N–H and O–H groups in total. The van der Waals surface area contributed by atoms with Crippen LogP contribution >= 0.6 is 0 Å². The number of amides is 3. The third kappa shape index (κ3) is 8.42. The minimum Gasteiger partial charge on any atom is -0.748 e. The van der Waals surface area contributed by atoms with Crippen LogP contribution in [0.1, 0.15) is 73.1 Å². The van der Waals surface area contributed by atoms with Crippen molar-refractivity contribution in [2.75, 3.05) is 50.7 Å². The molecule has 0 unspecified atom stereocenters. The molecule has 3 amide bonds. The summed E-state index contributed by atoms with van der Waals surface area (Å²) in [6.07, 6.45) is 1.99. The standard InChI is InChI=1S/C42H44N4O13S2/c1-41(2)20-24(22-60(51,52)53)28-16-30-34(18-32(28)44(41)6)58-35-19-33-29(25(23-61(54,55)56)21-42(3,4)45(33)7)17-31(35)38(30)26-10-8-9-11-27(26)39(49)43(5)14-15-57-40(50)59-46-36(47)12-13-37(46)48/h8-11,16-21H,12-15,22-23H2,1-7H3,(H-,51,52,53,54,55,56). The predicted molar refractivity (Wildman–Crippen MR) is 221 cm³/mol. The van der Waals surface area contributed by atoms with Crippen molar-refractivity contribution >= 4 is 66.5 Å². The summed E-state index contributed by atoms with van der Waals surface area (Å²) in [6, 6.07) is 13.7. The Bertz CT molecular complexity index is 2870. The van der Waals surface area contributed by atoms with E-state index in [-0.39, 0.29) is 37.1 Å². The van der Waals surface area contributed by atoms with Gasteiger partial charge in [-0.2, -0.15) is 8.42 Å². The quantitative estimate of drug-likeness (QED) is 0.105. The van der Waals surface area contributed by atoms with Gasteiger partial charge in [0.15, 0.2) is 5.54 Å². The van der Waals surface area contributed by atoms with Gasteiger partial charge in [0.25, 0.3) is 27.8 Å². The normalized spacial score (nSPS) is 17.7. The number of benzene rings is 3. The Balaban J connectivity index is 1.40. The van der Waals surface area contributed by atoms with Gasteiger partial charge in [-0.15, -0.1) is 0 Å². The number of nitrogens with zero attached hydrogens (tertiary/aromatic N) is 4. The smallest absolute Gasteiger partial charge is 0.534 e. The number of anilines is 1. The molecule has 7 rings (SSSR count). The number of rotatable bonds is 10. The van der Waals surface area contributed by atoms with Crippen molar-refractivity contribution in [1.82, 2.24) is 14.5 Å². The molecule has 4 aliphatic rings. The second-order valence-electron chi connectivity index (χ2n) is 16.4.